The van der Waals surface area contributed by atoms with Crippen LogP contribution in [-0.4, -0.2) is 28.7 Å². The lowest BCUT2D eigenvalue weighted by Gasteiger charge is -2.17. The fourth-order valence-electron chi connectivity index (χ4n) is 1.99. The van der Waals surface area contributed by atoms with E-state index in [0.717, 1.165) is 18.4 Å². The van der Waals surface area contributed by atoms with Crippen molar-refractivity contribution in [1.29, 1.82) is 0 Å². The first kappa shape index (κ1) is 14.4. The molecule has 1 aromatic rings. The Bertz CT molecular complexity index is 483. The van der Waals surface area contributed by atoms with Gasteiger partial charge >= 0.3 is 12.0 Å². The monoisotopic (exact) mass is 276 g/mol. The third-order valence-electron chi connectivity index (χ3n) is 3.58. The van der Waals surface area contributed by atoms with Crippen LogP contribution >= 0.6 is 0 Å². The van der Waals surface area contributed by atoms with Gasteiger partial charge < -0.3 is 15.7 Å². The molecule has 1 aliphatic carbocycles. The summed E-state index contributed by atoms with van der Waals surface area (Å²) in [4.78, 5) is 22.9. The van der Waals surface area contributed by atoms with E-state index in [1.807, 2.05) is 37.3 Å². The van der Waals surface area contributed by atoms with E-state index in [4.69, 9.17) is 0 Å². The van der Waals surface area contributed by atoms with E-state index >= 15 is 0 Å². The number of carboxylic acids is 1. The molecule has 1 saturated carbocycles. The number of nitrogens with one attached hydrogen (secondary N) is 2. The minimum Gasteiger partial charge on any atom is -0.480 e. The number of benzene rings is 1. The molecule has 2 rings (SSSR count). The first-order chi connectivity index (χ1) is 9.48. The highest BCUT2D eigenvalue weighted by atomic mass is 16.4. The summed E-state index contributed by atoms with van der Waals surface area (Å²) >= 11 is 0. The van der Waals surface area contributed by atoms with Crippen molar-refractivity contribution in [3.8, 4) is 0 Å². The molecule has 1 fully saturated rings. The van der Waals surface area contributed by atoms with Crippen molar-refractivity contribution in [2.24, 2.45) is 0 Å². The number of carbonyl (C=O) groups is 2. The van der Waals surface area contributed by atoms with Gasteiger partial charge in [-0.05, 0) is 38.2 Å². The van der Waals surface area contributed by atoms with E-state index in [2.05, 4.69) is 10.6 Å². The SMILES string of the molecule is CC1(NC(=O)N[C@@H](CCc2ccccc2)C(=O)O)CC1. The number of rotatable bonds is 6. The third kappa shape index (κ3) is 4.26. The van der Waals surface area contributed by atoms with Crippen LogP contribution in [0.3, 0.4) is 0 Å². The first-order valence-electron chi connectivity index (χ1n) is 6.84. The van der Waals surface area contributed by atoms with Gasteiger partial charge in [0.25, 0.3) is 0 Å². The zero-order valence-corrected chi connectivity index (χ0v) is 11.6. The molecule has 0 radical (unpaired) electrons. The Kier molecular flexibility index (Phi) is 4.27. The summed E-state index contributed by atoms with van der Waals surface area (Å²) in [7, 11) is 0. The molecule has 0 aliphatic heterocycles. The molecule has 1 aliphatic rings. The van der Waals surface area contributed by atoms with E-state index in [1.165, 1.54) is 0 Å². The van der Waals surface area contributed by atoms with Crippen LogP contribution in [0.2, 0.25) is 0 Å². The van der Waals surface area contributed by atoms with Gasteiger partial charge in [-0.3, -0.25) is 0 Å². The van der Waals surface area contributed by atoms with Crippen molar-refractivity contribution in [3.63, 3.8) is 0 Å². The van der Waals surface area contributed by atoms with Crippen LogP contribution in [0.25, 0.3) is 0 Å². The number of aryl methyl sites for hydroxylation is 1. The maximum Gasteiger partial charge on any atom is 0.326 e. The fraction of sp³-hybridized carbons (Fsp3) is 0.467. The number of aliphatic carboxylic acids is 1. The number of carbonyl (C=O) groups excluding carboxylic acids is 1. The average molecular weight is 276 g/mol. The molecule has 0 bridgehead atoms. The predicted octanol–water partition coefficient (Wildman–Crippen LogP) is 1.92. The van der Waals surface area contributed by atoms with Crippen LogP contribution in [0.15, 0.2) is 30.3 Å². The highest BCUT2D eigenvalue weighted by Gasteiger charge is 2.39. The smallest absolute Gasteiger partial charge is 0.326 e. The van der Waals surface area contributed by atoms with Crippen molar-refractivity contribution >= 4 is 12.0 Å². The van der Waals surface area contributed by atoms with Crippen LogP contribution in [0.1, 0.15) is 31.7 Å². The zero-order chi connectivity index (χ0) is 14.6. The third-order valence-corrected chi connectivity index (χ3v) is 3.58. The summed E-state index contributed by atoms with van der Waals surface area (Å²) in [5, 5.41) is 14.5. The van der Waals surface area contributed by atoms with E-state index in [-0.39, 0.29) is 5.54 Å². The van der Waals surface area contributed by atoms with Crippen molar-refractivity contribution in [2.45, 2.75) is 44.2 Å². The average Bonchev–Trinajstić information content (AvgIpc) is 3.12. The minimum atomic E-state index is -1.00. The van der Waals surface area contributed by atoms with Gasteiger partial charge in [-0.1, -0.05) is 30.3 Å². The van der Waals surface area contributed by atoms with E-state index in [9.17, 15) is 14.7 Å². The Morgan fingerprint density at radius 3 is 2.50 bits per heavy atom. The van der Waals surface area contributed by atoms with Gasteiger partial charge in [0.2, 0.25) is 0 Å². The molecule has 0 unspecified atom stereocenters. The highest BCUT2D eigenvalue weighted by molar-refractivity contribution is 5.83. The maximum atomic E-state index is 11.7. The van der Waals surface area contributed by atoms with E-state index in [0.29, 0.717) is 12.8 Å². The van der Waals surface area contributed by atoms with Gasteiger partial charge in [0.15, 0.2) is 0 Å². The first-order valence-corrected chi connectivity index (χ1v) is 6.84. The lowest BCUT2D eigenvalue weighted by Crippen LogP contribution is -2.49. The molecule has 3 N–H and O–H groups in total. The topological polar surface area (TPSA) is 78.4 Å². The molecule has 5 heteroatoms. The Morgan fingerprint density at radius 2 is 1.95 bits per heavy atom. The molecular weight excluding hydrogens is 256 g/mol. The van der Waals surface area contributed by atoms with Crippen molar-refractivity contribution in [3.05, 3.63) is 35.9 Å². The van der Waals surface area contributed by atoms with Crippen molar-refractivity contribution in [2.75, 3.05) is 0 Å². The van der Waals surface area contributed by atoms with Crippen LogP contribution in [0.4, 0.5) is 4.79 Å². The van der Waals surface area contributed by atoms with Gasteiger partial charge in [-0.25, -0.2) is 9.59 Å². The van der Waals surface area contributed by atoms with Gasteiger partial charge in [-0.15, -0.1) is 0 Å². The number of hydrogen-bond acceptors (Lipinski definition) is 2. The summed E-state index contributed by atoms with van der Waals surface area (Å²) in [5.41, 5.74) is 0.919. The summed E-state index contributed by atoms with van der Waals surface area (Å²) in [6.45, 7) is 1.95. The number of carboxylic acid groups (broad SMARTS) is 1. The zero-order valence-electron chi connectivity index (χ0n) is 11.6. The Labute approximate surface area is 118 Å². The Balaban J connectivity index is 1.84. The van der Waals surface area contributed by atoms with Crippen molar-refractivity contribution < 1.29 is 14.7 Å². The van der Waals surface area contributed by atoms with Crippen LogP contribution in [0.5, 0.6) is 0 Å². The largest absolute Gasteiger partial charge is 0.480 e. The highest BCUT2D eigenvalue weighted by Crippen LogP contribution is 2.34. The van der Waals surface area contributed by atoms with Gasteiger partial charge in [0.1, 0.15) is 6.04 Å². The summed E-state index contributed by atoms with van der Waals surface area (Å²) in [6.07, 6.45) is 2.89. The van der Waals surface area contributed by atoms with Gasteiger partial charge in [0.05, 0.1) is 0 Å². The molecule has 5 nitrogen and oxygen atoms in total. The van der Waals surface area contributed by atoms with Crippen LogP contribution in [0, 0.1) is 0 Å². The van der Waals surface area contributed by atoms with E-state index in [1.54, 1.807) is 0 Å². The fourth-order valence-corrected chi connectivity index (χ4v) is 1.99. The molecule has 0 aromatic heterocycles. The normalized spacial score (nSPS) is 17.1. The standard InChI is InChI=1S/C15H20N2O3/c1-15(9-10-15)17-14(20)16-12(13(18)19)8-7-11-5-3-2-4-6-11/h2-6,12H,7-10H2,1H3,(H,18,19)(H2,16,17,20)/t12-/m0/s1. The predicted molar refractivity (Wildman–Crippen MR) is 75.5 cm³/mol. The molecule has 108 valence electrons. The molecule has 1 aromatic carbocycles. The summed E-state index contributed by atoms with van der Waals surface area (Å²) in [5.74, 6) is -1.00. The second-order valence-electron chi connectivity index (χ2n) is 5.57. The van der Waals surface area contributed by atoms with Crippen LogP contribution in [-0.2, 0) is 11.2 Å². The Morgan fingerprint density at radius 1 is 1.30 bits per heavy atom. The number of hydrogen-bond donors (Lipinski definition) is 3. The molecule has 0 heterocycles. The second-order valence-corrected chi connectivity index (χ2v) is 5.57. The van der Waals surface area contributed by atoms with E-state index < -0.39 is 18.0 Å². The Hall–Kier alpha value is -2.04. The molecule has 2 amide bonds. The van der Waals surface area contributed by atoms with Crippen LogP contribution < -0.4 is 10.6 Å². The molecule has 0 saturated heterocycles. The minimum absolute atomic E-state index is 0.146. The number of amides is 2. The van der Waals surface area contributed by atoms with Crippen molar-refractivity contribution in [1.82, 2.24) is 10.6 Å². The lowest BCUT2D eigenvalue weighted by atomic mass is 10.1. The quantitative estimate of drug-likeness (QED) is 0.742. The second kappa shape index (κ2) is 5.94. The summed E-state index contributed by atoms with van der Waals surface area (Å²) in [6, 6.07) is 8.38. The molecule has 1 atom stereocenters. The number of urea groups is 1. The summed E-state index contributed by atoms with van der Waals surface area (Å²) < 4.78 is 0. The molecular formula is C15H20N2O3. The van der Waals surface area contributed by atoms with Gasteiger partial charge in [0, 0.05) is 5.54 Å². The van der Waals surface area contributed by atoms with Gasteiger partial charge in [-0.2, -0.15) is 0 Å². The molecule has 20 heavy (non-hydrogen) atoms. The maximum absolute atomic E-state index is 11.7. The lowest BCUT2D eigenvalue weighted by molar-refractivity contribution is -0.139. The molecule has 0 spiro atoms.